The zero-order chi connectivity index (χ0) is 14.1. The van der Waals surface area contributed by atoms with E-state index in [1.165, 1.54) is 6.07 Å². The van der Waals surface area contributed by atoms with Crippen molar-refractivity contribution in [3.63, 3.8) is 0 Å². The molecule has 2 rings (SSSR count). The average molecular weight is 291 g/mol. The molecular weight excluding hydrogens is 279 g/mol. The Morgan fingerprint density at radius 1 is 1.47 bits per heavy atom. The third-order valence-corrected chi connectivity index (χ3v) is 6.19. The Morgan fingerprint density at radius 2 is 2.21 bits per heavy atom. The Bertz CT molecular complexity index is 550. The molecule has 1 aromatic heterocycles. The van der Waals surface area contributed by atoms with Gasteiger partial charge in [-0.3, -0.25) is 13.9 Å². The van der Waals surface area contributed by atoms with Gasteiger partial charge in [0.05, 0.1) is 5.25 Å². The van der Waals surface area contributed by atoms with E-state index in [2.05, 4.69) is 9.71 Å². The predicted molar refractivity (Wildman–Crippen MR) is 64.4 cm³/mol. The molecule has 0 radical (unpaired) electrons. The van der Waals surface area contributed by atoms with Crippen molar-refractivity contribution in [2.75, 3.05) is 5.75 Å². The maximum Gasteiger partial charge on any atom is 0.433 e. The van der Waals surface area contributed by atoms with Crippen molar-refractivity contribution in [3.05, 3.63) is 29.6 Å². The Balaban J connectivity index is 2.28. The molecule has 8 heteroatoms. The molecule has 1 N–H and O–H groups in total. The monoisotopic (exact) mass is 291 g/mol. The van der Waals surface area contributed by atoms with Crippen molar-refractivity contribution in [1.82, 2.24) is 9.71 Å². The molecule has 0 amide bonds. The lowest BCUT2D eigenvalue weighted by molar-refractivity contribution is -0.141. The van der Waals surface area contributed by atoms with Crippen molar-refractivity contribution < 1.29 is 17.4 Å². The number of hydrogen-bond acceptors (Lipinski definition) is 3. The van der Waals surface area contributed by atoms with Crippen LogP contribution in [0.1, 0.15) is 29.3 Å². The van der Waals surface area contributed by atoms with Gasteiger partial charge in [0.1, 0.15) is 5.69 Å². The quantitative estimate of drug-likeness (QED) is 0.497. The lowest BCUT2D eigenvalue weighted by Crippen LogP contribution is -2.31. The molecule has 0 spiro atoms. The van der Waals surface area contributed by atoms with Crippen molar-refractivity contribution >= 4 is 10.1 Å². The summed E-state index contributed by atoms with van der Waals surface area (Å²) in [5.41, 5.74) is -0.492. The van der Waals surface area contributed by atoms with Gasteiger partial charge < -0.3 is 0 Å². The van der Waals surface area contributed by atoms with E-state index in [-0.39, 0.29) is 0 Å². The molecule has 1 aliphatic heterocycles. The Hall–Kier alpha value is -1.62. The summed E-state index contributed by atoms with van der Waals surface area (Å²) in [5.74, 6) is 0.381. The lowest BCUT2D eigenvalue weighted by atomic mass is 10.1. The summed E-state index contributed by atoms with van der Waals surface area (Å²) >= 11 is 0. The van der Waals surface area contributed by atoms with Crippen LogP contribution in [0.2, 0.25) is 0 Å². The maximum absolute atomic E-state index is 12.4. The van der Waals surface area contributed by atoms with Crippen LogP contribution in [0.15, 0.2) is 18.3 Å². The number of pyridine rings is 1. The van der Waals surface area contributed by atoms with Gasteiger partial charge in [0.2, 0.25) is 0 Å². The van der Waals surface area contributed by atoms with Crippen LogP contribution in [0.3, 0.4) is 0 Å². The highest BCUT2D eigenvalue weighted by atomic mass is 32.3. The first-order valence-electron chi connectivity index (χ1n) is 5.65. The van der Waals surface area contributed by atoms with Gasteiger partial charge in [0, 0.05) is 11.9 Å². The second-order valence-electron chi connectivity index (χ2n) is 4.38. The van der Waals surface area contributed by atoms with Gasteiger partial charge >= 0.3 is 6.18 Å². The molecule has 0 aromatic carbocycles. The van der Waals surface area contributed by atoms with E-state index in [1.807, 2.05) is 0 Å². The van der Waals surface area contributed by atoms with Gasteiger partial charge in [-0.05, 0) is 34.6 Å². The molecule has 0 aliphatic carbocycles. The fourth-order valence-electron chi connectivity index (χ4n) is 2.28. The van der Waals surface area contributed by atoms with Crippen molar-refractivity contribution in [1.29, 1.82) is 5.26 Å². The molecule has 104 valence electrons. The number of nitriles is 1. The van der Waals surface area contributed by atoms with E-state index >= 15 is 0 Å². The third-order valence-electron chi connectivity index (χ3n) is 3.17. The molecular formula is C11H12F3N3OS. The highest BCUT2D eigenvalue weighted by molar-refractivity contribution is 8.01. The van der Waals surface area contributed by atoms with Crippen LogP contribution in [-0.2, 0) is 16.3 Å². The third kappa shape index (κ3) is 2.71. The van der Waals surface area contributed by atoms with Crippen LogP contribution in [0.25, 0.3) is 0 Å². The molecule has 4 nitrogen and oxygen atoms in total. The van der Waals surface area contributed by atoms with Crippen LogP contribution in [0, 0.1) is 11.5 Å². The van der Waals surface area contributed by atoms with Crippen LogP contribution in [0.5, 0.6) is 0 Å². The number of nitrogens with one attached hydrogen (secondary N) is 1. The van der Waals surface area contributed by atoms with Crippen LogP contribution >= 0.6 is 0 Å². The number of nitrogens with zero attached hydrogens (tertiary/aromatic N) is 2. The second-order valence-corrected chi connectivity index (χ2v) is 7.26. The molecule has 1 unspecified atom stereocenters. The summed E-state index contributed by atoms with van der Waals surface area (Å²) < 4.78 is 52.0. The van der Waals surface area contributed by atoms with E-state index in [9.17, 15) is 17.4 Å². The molecule has 1 aromatic rings. The fraction of sp³-hybridized carbons (Fsp3) is 0.455. The number of thiol groups is 1. The Labute approximate surface area is 109 Å². The summed E-state index contributed by atoms with van der Waals surface area (Å²) in [4.78, 5) is 3.36. The first kappa shape index (κ1) is 13.8. The SMILES string of the molecule is N#CN[SH]1(=O)CCCC1c1ccc(C(F)(F)F)nc1. The summed E-state index contributed by atoms with van der Waals surface area (Å²) in [5, 5.41) is 8.18. The number of aromatic nitrogens is 1. The van der Waals surface area contributed by atoms with Gasteiger partial charge in [-0.1, -0.05) is 6.07 Å². The molecule has 1 saturated heterocycles. The zero-order valence-electron chi connectivity index (χ0n) is 9.81. The summed E-state index contributed by atoms with van der Waals surface area (Å²) in [6.07, 6.45) is -0.449. The normalized spacial score (nSPS) is 23.6. The van der Waals surface area contributed by atoms with E-state index in [0.29, 0.717) is 24.2 Å². The van der Waals surface area contributed by atoms with E-state index < -0.39 is 27.2 Å². The van der Waals surface area contributed by atoms with E-state index in [0.717, 1.165) is 12.3 Å². The first-order chi connectivity index (χ1) is 8.87. The Kier molecular flexibility index (Phi) is 3.49. The summed E-state index contributed by atoms with van der Waals surface area (Å²) in [6, 6.07) is 2.17. The molecule has 1 atom stereocenters. The maximum atomic E-state index is 12.4. The minimum atomic E-state index is -4.48. The smallest absolute Gasteiger partial charge is 0.265 e. The van der Waals surface area contributed by atoms with Gasteiger partial charge in [-0.2, -0.15) is 18.4 Å². The summed E-state index contributed by atoms with van der Waals surface area (Å²) in [7, 11) is -2.89. The summed E-state index contributed by atoms with van der Waals surface area (Å²) in [6.45, 7) is 0. The standard InChI is InChI=1S/C11H12F3N3OS/c12-11(13,14)10-4-3-8(6-16-10)9-2-1-5-19(9,18)17-7-15/h3-4,6,9,19H,1-2,5H2,(H,17,18). The topological polar surface area (TPSA) is 65.8 Å². The molecule has 19 heavy (non-hydrogen) atoms. The highest BCUT2D eigenvalue weighted by Gasteiger charge is 2.36. The first-order valence-corrected chi connectivity index (χ1v) is 7.61. The van der Waals surface area contributed by atoms with E-state index in [1.54, 1.807) is 6.19 Å². The fourth-order valence-corrected chi connectivity index (χ4v) is 4.91. The van der Waals surface area contributed by atoms with Crippen molar-refractivity contribution in [3.8, 4) is 6.19 Å². The van der Waals surface area contributed by atoms with Gasteiger partial charge in [0.15, 0.2) is 6.19 Å². The predicted octanol–water partition coefficient (Wildman–Crippen LogP) is 1.94. The number of hydrogen-bond donors (Lipinski definition) is 2. The van der Waals surface area contributed by atoms with Gasteiger partial charge in [-0.25, -0.2) is 0 Å². The number of alkyl halides is 3. The van der Waals surface area contributed by atoms with Crippen LogP contribution < -0.4 is 4.72 Å². The molecule has 0 saturated carbocycles. The number of rotatable bonds is 2. The molecule has 0 bridgehead atoms. The molecule has 1 aliphatic rings. The second kappa shape index (κ2) is 4.81. The minimum Gasteiger partial charge on any atom is -0.265 e. The number of halogens is 3. The average Bonchev–Trinajstić information content (AvgIpc) is 2.70. The van der Waals surface area contributed by atoms with E-state index in [4.69, 9.17) is 5.26 Å². The van der Waals surface area contributed by atoms with Gasteiger partial charge in [-0.15, -0.1) is 0 Å². The minimum absolute atomic E-state index is 0.381. The zero-order valence-corrected chi connectivity index (χ0v) is 10.7. The van der Waals surface area contributed by atoms with Crippen molar-refractivity contribution in [2.24, 2.45) is 0 Å². The lowest BCUT2D eigenvalue weighted by Gasteiger charge is -2.24. The largest absolute Gasteiger partial charge is 0.433 e. The van der Waals surface area contributed by atoms with Gasteiger partial charge in [0.25, 0.3) is 0 Å². The van der Waals surface area contributed by atoms with Crippen molar-refractivity contribution in [2.45, 2.75) is 24.3 Å². The van der Waals surface area contributed by atoms with Crippen LogP contribution in [0.4, 0.5) is 13.2 Å². The molecule has 2 heterocycles. The molecule has 1 fully saturated rings. The highest BCUT2D eigenvalue weighted by Crippen LogP contribution is 2.38. The van der Waals surface area contributed by atoms with Crippen LogP contribution in [-0.4, -0.2) is 14.9 Å². The Morgan fingerprint density at radius 3 is 2.74 bits per heavy atom.